The average Bonchev–Trinajstić information content (AvgIpc) is 2.50. The van der Waals surface area contributed by atoms with Gasteiger partial charge in [0.25, 0.3) is 0 Å². The Labute approximate surface area is 122 Å². The van der Waals surface area contributed by atoms with E-state index in [1.165, 1.54) is 0 Å². The average molecular weight is 273 g/mol. The highest BCUT2D eigenvalue weighted by atomic mass is 15.1. The van der Waals surface area contributed by atoms with Crippen molar-refractivity contribution < 1.29 is 0 Å². The second kappa shape index (κ2) is 4.88. The molecular formula is C17H13N4. The summed E-state index contributed by atoms with van der Waals surface area (Å²) < 4.78 is 0. The zero-order valence-electron chi connectivity index (χ0n) is 11.8. The third kappa shape index (κ3) is 2.19. The van der Waals surface area contributed by atoms with Crippen LogP contribution in [0.3, 0.4) is 0 Å². The van der Waals surface area contributed by atoms with Gasteiger partial charge in [-0.15, -0.1) is 5.10 Å². The van der Waals surface area contributed by atoms with E-state index in [-0.39, 0.29) is 0 Å². The van der Waals surface area contributed by atoms with Crippen LogP contribution in [-0.4, -0.2) is 10.2 Å². The smallest absolute Gasteiger partial charge is 0.153 e. The zero-order valence-corrected chi connectivity index (χ0v) is 11.8. The zero-order chi connectivity index (χ0) is 15.0. The van der Waals surface area contributed by atoms with Gasteiger partial charge in [-0.25, -0.2) is 0 Å². The maximum atomic E-state index is 9.31. The van der Waals surface area contributed by atoms with Gasteiger partial charge in [-0.1, -0.05) is 6.07 Å². The first-order chi connectivity index (χ1) is 10.1. The molecule has 0 aliphatic rings. The van der Waals surface area contributed by atoms with Crippen LogP contribution < -0.4 is 5.73 Å². The Hall–Kier alpha value is -2.93. The highest BCUT2D eigenvalue weighted by Crippen LogP contribution is 2.29. The topological polar surface area (TPSA) is 75.6 Å². The van der Waals surface area contributed by atoms with Crippen LogP contribution >= 0.6 is 0 Å². The highest BCUT2D eigenvalue weighted by Gasteiger charge is 2.09. The van der Waals surface area contributed by atoms with Crippen molar-refractivity contribution in [3.05, 3.63) is 53.2 Å². The molecule has 101 valence electrons. The summed E-state index contributed by atoms with van der Waals surface area (Å²) in [5.74, 6) is 0.415. The molecule has 3 rings (SSSR count). The first-order valence-electron chi connectivity index (χ1n) is 6.55. The van der Waals surface area contributed by atoms with Crippen LogP contribution in [0.2, 0.25) is 0 Å². The Morgan fingerprint density at radius 1 is 1.14 bits per heavy atom. The maximum Gasteiger partial charge on any atom is 0.153 e. The lowest BCUT2D eigenvalue weighted by Crippen LogP contribution is -1.97. The molecule has 0 fully saturated rings. The van der Waals surface area contributed by atoms with Gasteiger partial charge < -0.3 is 5.73 Å². The number of nitrogens with two attached hydrogens (primary N) is 1. The summed E-state index contributed by atoms with van der Waals surface area (Å²) in [7, 11) is 0. The van der Waals surface area contributed by atoms with Crippen molar-refractivity contribution in [2.24, 2.45) is 0 Å². The number of nitrogen functional groups attached to an aromatic ring is 1. The van der Waals surface area contributed by atoms with E-state index in [2.05, 4.69) is 22.3 Å². The Kier molecular flexibility index (Phi) is 3.03. The molecule has 0 aliphatic carbocycles. The van der Waals surface area contributed by atoms with E-state index in [0.717, 1.165) is 33.2 Å². The van der Waals surface area contributed by atoms with Gasteiger partial charge in [-0.2, -0.15) is 10.4 Å². The van der Waals surface area contributed by atoms with E-state index in [4.69, 9.17) is 5.73 Å². The second-order valence-corrected chi connectivity index (χ2v) is 4.99. The van der Waals surface area contributed by atoms with E-state index < -0.39 is 0 Å². The minimum atomic E-state index is 0.415. The number of nitrogens with zero attached hydrogens (tertiary/aromatic N) is 3. The monoisotopic (exact) mass is 273 g/mol. The van der Waals surface area contributed by atoms with Crippen molar-refractivity contribution in [3.8, 4) is 17.2 Å². The number of aryl methyl sites for hydroxylation is 2. The predicted molar refractivity (Wildman–Crippen MR) is 82.4 cm³/mol. The summed E-state index contributed by atoms with van der Waals surface area (Å²) in [6, 6.07) is 14.9. The van der Waals surface area contributed by atoms with Crippen molar-refractivity contribution in [1.82, 2.24) is 10.2 Å². The molecule has 2 N–H and O–H groups in total. The van der Waals surface area contributed by atoms with Crippen LogP contribution in [0.25, 0.3) is 21.9 Å². The third-order valence-corrected chi connectivity index (χ3v) is 3.52. The van der Waals surface area contributed by atoms with Crippen molar-refractivity contribution in [2.45, 2.75) is 13.8 Å². The third-order valence-electron chi connectivity index (χ3n) is 3.52. The molecule has 0 atom stereocenters. The molecule has 21 heavy (non-hydrogen) atoms. The number of hydrogen-bond donors (Lipinski definition) is 1. The van der Waals surface area contributed by atoms with Crippen molar-refractivity contribution in [2.75, 3.05) is 5.73 Å². The van der Waals surface area contributed by atoms with Gasteiger partial charge in [0.05, 0.1) is 17.3 Å². The summed E-state index contributed by atoms with van der Waals surface area (Å²) in [5.41, 5.74) is 10.1. The molecule has 0 spiro atoms. The molecule has 0 saturated carbocycles. The van der Waals surface area contributed by atoms with Crippen molar-refractivity contribution >= 4 is 16.6 Å². The fraction of sp³-hybridized carbons (Fsp3) is 0.118. The van der Waals surface area contributed by atoms with Gasteiger partial charge in [0.2, 0.25) is 0 Å². The number of nitriles is 1. The van der Waals surface area contributed by atoms with Gasteiger partial charge in [0.1, 0.15) is 0 Å². The first kappa shape index (κ1) is 13.1. The number of benzene rings is 2. The molecule has 3 aromatic rings. The Balaban J connectivity index is 2.28. The Morgan fingerprint density at radius 3 is 2.71 bits per heavy atom. The molecule has 0 aliphatic heterocycles. The standard InChI is InChI=1S/C17H13N4/c1-10-3-5-14(13(7-10)9-18)12-4-6-15-16(8-12)11(2)20-21-17(15)19/h4-8H,1-2H3,(H2,19,21). The SMILES string of the molecule is Cc1[c]cc(-c2ccc3c(N)nnc(C)c3c2)c(C#N)c1. The largest absolute Gasteiger partial charge is 0.382 e. The molecule has 4 heteroatoms. The number of anilines is 1. The summed E-state index contributed by atoms with van der Waals surface area (Å²) in [6.45, 7) is 3.82. The summed E-state index contributed by atoms with van der Waals surface area (Å²) in [6.07, 6.45) is 0. The van der Waals surface area contributed by atoms with Crippen LogP contribution in [0.5, 0.6) is 0 Å². The fourth-order valence-corrected chi connectivity index (χ4v) is 2.40. The normalized spacial score (nSPS) is 10.5. The molecule has 0 unspecified atom stereocenters. The number of fused-ring (bicyclic) bond motifs is 1. The van der Waals surface area contributed by atoms with E-state index in [9.17, 15) is 5.26 Å². The molecular weight excluding hydrogens is 260 g/mol. The quantitative estimate of drug-likeness (QED) is 0.739. The lowest BCUT2D eigenvalue weighted by Gasteiger charge is -2.08. The van der Waals surface area contributed by atoms with E-state index in [1.807, 2.05) is 44.2 Å². The molecule has 1 heterocycles. The molecule has 0 amide bonds. The molecule has 2 aromatic carbocycles. The molecule has 1 radical (unpaired) electrons. The van der Waals surface area contributed by atoms with E-state index >= 15 is 0 Å². The van der Waals surface area contributed by atoms with Crippen LogP contribution in [0, 0.1) is 31.2 Å². The van der Waals surface area contributed by atoms with Gasteiger partial charge in [0.15, 0.2) is 5.82 Å². The number of aromatic nitrogens is 2. The molecule has 4 nitrogen and oxygen atoms in total. The maximum absolute atomic E-state index is 9.31. The summed E-state index contributed by atoms with van der Waals surface area (Å²) in [4.78, 5) is 0. The predicted octanol–water partition coefficient (Wildman–Crippen LogP) is 3.17. The van der Waals surface area contributed by atoms with Crippen molar-refractivity contribution in [1.29, 1.82) is 5.26 Å². The van der Waals surface area contributed by atoms with Crippen LogP contribution in [0.15, 0.2) is 30.3 Å². The lowest BCUT2D eigenvalue weighted by atomic mass is 9.96. The van der Waals surface area contributed by atoms with E-state index in [0.29, 0.717) is 11.4 Å². The minimum Gasteiger partial charge on any atom is -0.382 e. The summed E-state index contributed by atoms with van der Waals surface area (Å²) in [5, 5.41) is 19.1. The summed E-state index contributed by atoms with van der Waals surface area (Å²) >= 11 is 0. The molecule has 0 bridgehead atoms. The first-order valence-corrected chi connectivity index (χ1v) is 6.55. The number of rotatable bonds is 1. The Bertz CT molecular complexity index is 891. The van der Waals surface area contributed by atoms with Crippen LogP contribution in [0.4, 0.5) is 5.82 Å². The van der Waals surface area contributed by atoms with Gasteiger partial charge in [0, 0.05) is 16.3 Å². The Morgan fingerprint density at radius 2 is 1.95 bits per heavy atom. The second-order valence-electron chi connectivity index (χ2n) is 4.99. The minimum absolute atomic E-state index is 0.415. The molecule has 1 aromatic heterocycles. The van der Waals surface area contributed by atoms with Crippen LogP contribution in [-0.2, 0) is 0 Å². The molecule has 0 saturated heterocycles. The number of hydrogen-bond acceptors (Lipinski definition) is 4. The van der Waals surface area contributed by atoms with Gasteiger partial charge in [-0.3, -0.25) is 0 Å². The highest BCUT2D eigenvalue weighted by molar-refractivity contribution is 5.95. The van der Waals surface area contributed by atoms with E-state index in [1.54, 1.807) is 0 Å². The van der Waals surface area contributed by atoms with Gasteiger partial charge >= 0.3 is 0 Å². The fourth-order valence-electron chi connectivity index (χ4n) is 2.40. The lowest BCUT2D eigenvalue weighted by molar-refractivity contribution is 1.01. The van der Waals surface area contributed by atoms with Crippen molar-refractivity contribution in [3.63, 3.8) is 0 Å². The van der Waals surface area contributed by atoms with Crippen LogP contribution in [0.1, 0.15) is 16.8 Å². The van der Waals surface area contributed by atoms with Gasteiger partial charge in [-0.05, 0) is 55.3 Å².